The Morgan fingerprint density at radius 3 is 1.14 bits per heavy atom. The molecule has 4 nitrogen and oxygen atoms in total. The van der Waals surface area contributed by atoms with E-state index >= 15 is 0 Å². The molecule has 0 radical (unpaired) electrons. The van der Waals surface area contributed by atoms with Crippen LogP contribution in [-0.4, -0.2) is 19.1 Å². The molecule has 0 amide bonds. The smallest absolute Gasteiger partial charge is 0.145 e. The van der Waals surface area contributed by atoms with Crippen LogP contribution in [0.15, 0.2) is 231 Å². The van der Waals surface area contributed by atoms with Crippen molar-refractivity contribution in [3.8, 4) is 56.4 Å². The molecule has 0 aliphatic heterocycles. The molecule has 0 aliphatic rings. The van der Waals surface area contributed by atoms with Crippen LogP contribution in [0, 0.1) is 0 Å². The molecular formula is C60H38N4. The van der Waals surface area contributed by atoms with E-state index in [1.54, 1.807) is 0 Å². The highest BCUT2D eigenvalue weighted by Gasteiger charge is 2.23. The summed E-state index contributed by atoms with van der Waals surface area (Å²) in [7, 11) is 0. The number of benzene rings is 11. The van der Waals surface area contributed by atoms with E-state index in [0.717, 1.165) is 56.2 Å². The van der Waals surface area contributed by atoms with Crippen LogP contribution >= 0.6 is 0 Å². The first-order valence-electron chi connectivity index (χ1n) is 21.8. The Morgan fingerprint density at radius 2 is 0.672 bits per heavy atom. The van der Waals surface area contributed by atoms with Crippen molar-refractivity contribution in [2.75, 3.05) is 0 Å². The number of nitrogens with zero attached hydrogens (tertiary/aromatic N) is 4. The lowest BCUT2D eigenvalue weighted by atomic mass is 9.83. The fraction of sp³-hybridized carbons (Fsp3) is 0. The van der Waals surface area contributed by atoms with Gasteiger partial charge in [-0.2, -0.15) is 0 Å². The summed E-state index contributed by atoms with van der Waals surface area (Å²) in [5.41, 5.74) is 13.1. The van der Waals surface area contributed by atoms with Gasteiger partial charge in [-0.15, -0.1) is 0 Å². The second-order valence-electron chi connectivity index (χ2n) is 16.5. The van der Waals surface area contributed by atoms with E-state index in [9.17, 15) is 0 Å². The average molecular weight is 815 g/mol. The average Bonchev–Trinajstić information content (AvgIpc) is 3.95. The molecule has 0 aliphatic carbocycles. The van der Waals surface area contributed by atoms with Crippen LogP contribution in [0.4, 0.5) is 0 Å². The van der Waals surface area contributed by atoms with Crippen LogP contribution in [0.3, 0.4) is 0 Å². The number of aromatic nitrogens is 4. The van der Waals surface area contributed by atoms with Crippen LogP contribution < -0.4 is 0 Å². The van der Waals surface area contributed by atoms with Crippen LogP contribution in [0.1, 0.15) is 0 Å². The van der Waals surface area contributed by atoms with Crippen molar-refractivity contribution in [1.29, 1.82) is 0 Å². The highest BCUT2D eigenvalue weighted by Crippen LogP contribution is 2.48. The third-order valence-electron chi connectivity index (χ3n) is 12.9. The second-order valence-corrected chi connectivity index (χ2v) is 16.5. The van der Waals surface area contributed by atoms with Gasteiger partial charge >= 0.3 is 0 Å². The van der Waals surface area contributed by atoms with E-state index in [1.165, 1.54) is 65.3 Å². The first-order valence-corrected chi connectivity index (χ1v) is 21.8. The molecule has 0 N–H and O–H groups in total. The molecule has 2 heterocycles. The number of para-hydroxylation sites is 4. The summed E-state index contributed by atoms with van der Waals surface area (Å²) < 4.78 is 4.66. The molecule has 0 unspecified atom stereocenters. The Kier molecular flexibility index (Phi) is 8.18. The predicted octanol–water partition coefficient (Wildman–Crippen LogP) is 15.6. The zero-order valence-electron chi connectivity index (χ0n) is 34.7. The fourth-order valence-corrected chi connectivity index (χ4v) is 10.1. The zero-order valence-corrected chi connectivity index (χ0v) is 34.7. The molecule has 0 fully saturated rings. The molecular weight excluding hydrogens is 777 g/mol. The number of fused-ring (bicyclic) bond motifs is 6. The number of hydrogen-bond acceptors (Lipinski definition) is 2. The van der Waals surface area contributed by atoms with E-state index in [2.05, 4.69) is 240 Å². The summed E-state index contributed by atoms with van der Waals surface area (Å²) in [5, 5.41) is 9.54. The van der Waals surface area contributed by atoms with Crippen molar-refractivity contribution in [2.24, 2.45) is 0 Å². The summed E-state index contributed by atoms with van der Waals surface area (Å²) in [5.74, 6) is 1.82. The Morgan fingerprint density at radius 1 is 0.281 bits per heavy atom. The summed E-state index contributed by atoms with van der Waals surface area (Å²) in [6, 6.07) is 83.1. The Balaban J connectivity index is 1.20. The molecule has 4 heteroatoms. The van der Waals surface area contributed by atoms with Gasteiger partial charge in [0.25, 0.3) is 0 Å². The van der Waals surface area contributed by atoms with Crippen molar-refractivity contribution in [3.63, 3.8) is 0 Å². The number of imidazole rings is 2. The third-order valence-corrected chi connectivity index (χ3v) is 12.9. The largest absolute Gasteiger partial charge is 0.292 e. The SMILES string of the molecule is c1ccc(-c2nc3ccccc3n2-c2ccc3c(-c4cccc5ccccc45)c4cc(-n5c(-c6ccccc6)nc6ccccc65)ccc4c(-c4cccc5ccccc45)c3c2)cc1. The van der Waals surface area contributed by atoms with E-state index in [-0.39, 0.29) is 0 Å². The monoisotopic (exact) mass is 814 g/mol. The van der Waals surface area contributed by atoms with Gasteiger partial charge in [0.15, 0.2) is 0 Å². The standard InChI is InChI=1S/C60H38N4/c1-3-19-41(20-4-1)59-61-53-29-11-13-31-55(53)63(59)43-33-35-49-51(37-43)57(47-27-15-23-39-17-7-9-25-45(39)47)50-36-34-44(38-52(50)58(49)48-28-16-24-40-18-8-10-26-46(40)48)64-56-32-14-12-30-54(56)62-60(64)42-21-5-2-6-22-42/h1-38H. The van der Waals surface area contributed by atoms with Crippen LogP contribution in [0.2, 0.25) is 0 Å². The van der Waals surface area contributed by atoms with Gasteiger partial charge in [-0.05, 0) is 114 Å². The first kappa shape index (κ1) is 36.1. The maximum atomic E-state index is 5.25. The molecule has 0 saturated carbocycles. The molecule has 13 rings (SSSR count). The quantitative estimate of drug-likeness (QED) is 0.157. The van der Waals surface area contributed by atoms with E-state index < -0.39 is 0 Å². The zero-order chi connectivity index (χ0) is 42.1. The van der Waals surface area contributed by atoms with Crippen molar-refractivity contribution < 1.29 is 0 Å². The summed E-state index contributed by atoms with van der Waals surface area (Å²) in [6.07, 6.45) is 0. The highest BCUT2D eigenvalue weighted by atomic mass is 15.1. The van der Waals surface area contributed by atoms with Gasteiger partial charge in [-0.25, -0.2) is 9.97 Å². The number of hydrogen-bond donors (Lipinski definition) is 0. The van der Waals surface area contributed by atoms with E-state index in [0.29, 0.717) is 0 Å². The Hall–Kier alpha value is -8.60. The number of rotatable bonds is 6. The molecule has 64 heavy (non-hydrogen) atoms. The van der Waals surface area contributed by atoms with Crippen molar-refractivity contribution in [1.82, 2.24) is 19.1 Å². The highest BCUT2D eigenvalue weighted by molar-refractivity contribution is 6.26. The van der Waals surface area contributed by atoms with Gasteiger partial charge in [0.05, 0.1) is 22.1 Å². The molecule has 11 aromatic carbocycles. The minimum absolute atomic E-state index is 0.911. The van der Waals surface area contributed by atoms with Gasteiger partial charge in [0.1, 0.15) is 11.6 Å². The molecule has 0 saturated heterocycles. The van der Waals surface area contributed by atoms with Gasteiger partial charge in [-0.1, -0.05) is 182 Å². The lowest BCUT2D eigenvalue weighted by Gasteiger charge is -2.22. The Labute approximate surface area is 369 Å². The minimum atomic E-state index is 0.911. The fourth-order valence-electron chi connectivity index (χ4n) is 10.1. The molecule has 298 valence electrons. The Bertz CT molecular complexity index is 3680. The summed E-state index contributed by atoms with van der Waals surface area (Å²) >= 11 is 0. The van der Waals surface area contributed by atoms with Crippen molar-refractivity contribution >= 4 is 65.2 Å². The summed E-state index contributed by atoms with van der Waals surface area (Å²) in [6.45, 7) is 0. The first-order chi connectivity index (χ1) is 31.8. The molecule has 2 aromatic heterocycles. The minimum Gasteiger partial charge on any atom is -0.292 e. The second kappa shape index (κ2) is 14.5. The van der Waals surface area contributed by atoms with Crippen LogP contribution in [-0.2, 0) is 0 Å². The lowest BCUT2D eigenvalue weighted by molar-refractivity contribution is 1.10. The molecule has 0 atom stereocenters. The van der Waals surface area contributed by atoms with Gasteiger partial charge in [-0.3, -0.25) is 9.13 Å². The maximum absolute atomic E-state index is 5.25. The van der Waals surface area contributed by atoms with Crippen molar-refractivity contribution in [3.05, 3.63) is 231 Å². The summed E-state index contributed by atoms with van der Waals surface area (Å²) in [4.78, 5) is 10.5. The molecule has 13 aromatic rings. The molecule has 0 spiro atoms. The normalized spacial score (nSPS) is 11.8. The topological polar surface area (TPSA) is 35.6 Å². The van der Waals surface area contributed by atoms with Crippen molar-refractivity contribution in [2.45, 2.75) is 0 Å². The van der Waals surface area contributed by atoms with Gasteiger partial charge in [0, 0.05) is 22.5 Å². The van der Waals surface area contributed by atoms with Gasteiger partial charge < -0.3 is 0 Å². The van der Waals surface area contributed by atoms with E-state index in [4.69, 9.17) is 9.97 Å². The van der Waals surface area contributed by atoms with Gasteiger partial charge in [0.2, 0.25) is 0 Å². The van der Waals surface area contributed by atoms with Crippen LogP contribution in [0.25, 0.3) is 122 Å². The lowest BCUT2D eigenvalue weighted by Crippen LogP contribution is -2.00. The predicted molar refractivity (Wildman–Crippen MR) is 267 cm³/mol. The maximum Gasteiger partial charge on any atom is 0.145 e. The molecule has 0 bridgehead atoms. The van der Waals surface area contributed by atoms with E-state index in [1.807, 2.05) is 0 Å². The third kappa shape index (κ3) is 5.63. The van der Waals surface area contributed by atoms with Crippen LogP contribution in [0.5, 0.6) is 0 Å².